The maximum atomic E-state index is 13.4. The van der Waals surface area contributed by atoms with E-state index in [-0.39, 0.29) is 24.5 Å². The van der Waals surface area contributed by atoms with Crippen LogP contribution >= 0.6 is 11.3 Å². The predicted octanol–water partition coefficient (Wildman–Crippen LogP) is 1.17. The van der Waals surface area contributed by atoms with Gasteiger partial charge in [0.15, 0.2) is 0 Å². The first-order valence-corrected chi connectivity index (χ1v) is 13.7. The van der Waals surface area contributed by atoms with E-state index < -0.39 is 22.3 Å². The number of nitrogens with two attached hydrogens (primary N) is 1. The fourth-order valence-corrected chi connectivity index (χ4v) is 5.93. The van der Waals surface area contributed by atoms with Crippen LogP contribution in [0.3, 0.4) is 0 Å². The molecule has 1 saturated carbocycles. The molecule has 0 bridgehead atoms. The van der Waals surface area contributed by atoms with Crippen molar-refractivity contribution in [2.45, 2.75) is 44.6 Å². The molecule has 0 aromatic carbocycles. The van der Waals surface area contributed by atoms with Crippen molar-refractivity contribution in [1.29, 1.82) is 0 Å². The van der Waals surface area contributed by atoms with Gasteiger partial charge in [-0.2, -0.15) is 13.5 Å². The third-order valence-corrected chi connectivity index (χ3v) is 7.75. The highest BCUT2D eigenvalue weighted by molar-refractivity contribution is 7.84. The van der Waals surface area contributed by atoms with Gasteiger partial charge in [-0.25, -0.2) is 15.1 Å². The second kappa shape index (κ2) is 9.95. The van der Waals surface area contributed by atoms with Crippen molar-refractivity contribution in [2.75, 3.05) is 18.5 Å². The number of hydrogen-bond donors (Lipinski definition) is 3. The topological polar surface area (TPSA) is 172 Å². The first kappa shape index (κ1) is 24.9. The number of rotatable bonds is 8. The SMILES string of the molecule is Cc1cc2n(n1)CCO[C@@H]2c1csc(C(=O)c2cncnc2N[C@@H]2C[C@H](COS(N)(=O)=O)[C@@H](O)C2)c1. The van der Waals surface area contributed by atoms with Crippen molar-refractivity contribution in [3.63, 3.8) is 0 Å². The average molecular weight is 535 g/mol. The van der Waals surface area contributed by atoms with Crippen LogP contribution < -0.4 is 10.5 Å². The molecule has 1 aliphatic carbocycles. The fourth-order valence-electron chi connectivity index (χ4n) is 4.69. The van der Waals surface area contributed by atoms with E-state index in [4.69, 9.17) is 9.88 Å². The molecular formula is C22H26N6O6S2. The van der Waals surface area contributed by atoms with Crippen LogP contribution in [0.25, 0.3) is 0 Å². The smallest absolute Gasteiger partial charge is 0.333 e. The first-order chi connectivity index (χ1) is 17.2. The van der Waals surface area contributed by atoms with Gasteiger partial charge in [0.25, 0.3) is 0 Å². The number of thiophene rings is 1. The van der Waals surface area contributed by atoms with Gasteiger partial charge in [0.1, 0.15) is 18.2 Å². The van der Waals surface area contributed by atoms with Gasteiger partial charge in [-0.3, -0.25) is 13.7 Å². The lowest BCUT2D eigenvalue weighted by Crippen LogP contribution is -2.24. The van der Waals surface area contributed by atoms with E-state index in [9.17, 15) is 18.3 Å². The highest BCUT2D eigenvalue weighted by Gasteiger charge is 2.35. The van der Waals surface area contributed by atoms with Crippen molar-refractivity contribution >= 4 is 33.2 Å². The largest absolute Gasteiger partial charge is 0.393 e. The number of carbonyl (C=O) groups is 1. The van der Waals surface area contributed by atoms with Gasteiger partial charge in [-0.05, 0) is 42.8 Å². The molecule has 0 spiro atoms. The van der Waals surface area contributed by atoms with Gasteiger partial charge < -0.3 is 15.2 Å². The Morgan fingerprint density at radius 2 is 2.22 bits per heavy atom. The maximum absolute atomic E-state index is 13.4. The number of aliphatic hydroxyl groups excluding tert-OH is 1. The van der Waals surface area contributed by atoms with Crippen molar-refractivity contribution in [3.05, 3.63) is 57.4 Å². The van der Waals surface area contributed by atoms with Crippen LogP contribution in [0.2, 0.25) is 0 Å². The van der Waals surface area contributed by atoms with E-state index in [2.05, 4.69) is 24.6 Å². The normalized spacial score (nSPS) is 24.0. The number of nitrogens with one attached hydrogen (secondary N) is 1. The number of aryl methyl sites for hydroxylation is 1. The number of nitrogens with zero attached hydrogens (tertiary/aromatic N) is 4. The molecule has 0 saturated heterocycles. The predicted molar refractivity (Wildman–Crippen MR) is 130 cm³/mol. The van der Waals surface area contributed by atoms with Crippen molar-refractivity contribution < 1.29 is 27.2 Å². The molecule has 14 heteroatoms. The summed E-state index contributed by atoms with van der Waals surface area (Å²) in [5.41, 5.74) is 3.06. The minimum Gasteiger partial charge on any atom is -0.393 e. The van der Waals surface area contributed by atoms with Crippen LogP contribution in [-0.4, -0.2) is 64.4 Å². The highest BCUT2D eigenvalue weighted by atomic mass is 32.2. The minimum atomic E-state index is -4.09. The van der Waals surface area contributed by atoms with Crippen LogP contribution in [0.5, 0.6) is 0 Å². The van der Waals surface area contributed by atoms with Crippen LogP contribution in [-0.2, 0) is 25.8 Å². The summed E-state index contributed by atoms with van der Waals surface area (Å²) in [6.45, 7) is 2.95. The molecule has 1 aliphatic heterocycles. The van der Waals surface area contributed by atoms with Crippen molar-refractivity contribution in [1.82, 2.24) is 19.7 Å². The van der Waals surface area contributed by atoms with Crippen LogP contribution in [0.4, 0.5) is 5.82 Å². The molecule has 0 amide bonds. The Morgan fingerprint density at radius 1 is 1.39 bits per heavy atom. The summed E-state index contributed by atoms with van der Waals surface area (Å²) in [5.74, 6) is -0.311. The van der Waals surface area contributed by atoms with Crippen LogP contribution in [0, 0.1) is 12.8 Å². The number of aliphatic hydroxyl groups is 1. The molecule has 5 rings (SSSR count). The Bertz CT molecular complexity index is 1370. The monoisotopic (exact) mass is 534 g/mol. The van der Waals surface area contributed by atoms with Crippen LogP contribution in [0.15, 0.2) is 30.0 Å². The van der Waals surface area contributed by atoms with Gasteiger partial charge in [0.05, 0.1) is 47.7 Å². The number of aromatic nitrogens is 4. The van der Waals surface area contributed by atoms with Crippen molar-refractivity contribution in [3.8, 4) is 0 Å². The van der Waals surface area contributed by atoms with E-state index in [1.54, 1.807) is 0 Å². The summed E-state index contributed by atoms with van der Waals surface area (Å²) in [6, 6.07) is 3.58. The van der Waals surface area contributed by atoms with E-state index in [0.717, 1.165) is 17.0 Å². The molecule has 4 heterocycles. The van der Waals surface area contributed by atoms with Gasteiger partial charge in [-0.1, -0.05) is 0 Å². The van der Waals surface area contributed by atoms with Gasteiger partial charge >= 0.3 is 10.3 Å². The maximum Gasteiger partial charge on any atom is 0.333 e. The van der Waals surface area contributed by atoms with Gasteiger partial charge in [-0.15, -0.1) is 11.3 Å². The lowest BCUT2D eigenvalue weighted by atomic mass is 10.1. The average Bonchev–Trinajstić information content (AvgIpc) is 3.54. The molecule has 1 fully saturated rings. The second-order valence-electron chi connectivity index (χ2n) is 8.96. The Morgan fingerprint density at radius 3 is 3.03 bits per heavy atom. The summed E-state index contributed by atoms with van der Waals surface area (Å²) < 4.78 is 34.7. The molecule has 0 radical (unpaired) electrons. The zero-order valence-corrected chi connectivity index (χ0v) is 21.0. The number of carbonyl (C=O) groups excluding carboxylic acids is 1. The summed E-state index contributed by atoms with van der Waals surface area (Å²) in [4.78, 5) is 22.2. The Hall–Kier alpha value is -2.75. The van der Waals surface area contributed by atoms with Crippen molar-refractivity contribution in [2.24, 2.45) is 11.1 Å². The number of anilines is 1. The Balaban J connectivity index is 1.31. The van der Waals surface area contributed by atoms with E-state index in [0.29, 0.717) is 42.3 Å². The molecule has 12 nitrogen and oxygen atoms in total. The quantitative estimate of drug-likeness (QED) is 0.356. The second-order valence-corrected chi connectivity index (χ2v) is 11.1. The lowest BCUT2D eigenvalue weighted by molar-refractivity contribution is 0.0424. The molecule has 4 atom stereocenters. The Labute approximate surface area is 211 Å². The van der Waals surface area contributed by atoms with E-state index in [1.807, 2.05) is 29.1 Å². The molecule has 0 unspecified atom stereocenters. The highest BCUT2D eigenvalue weighted by Crippen LogP contribution is 2.34. The zero-order valence-electron chi connectivity index (χ0n) is 19.4. The van der Waals surface area contributed by atoms with E-state index >= 15 is 0 Å². The third kappa shape index (κ3) is 5.33. The van der Waals surface area contributed by atoms with Gasteiger partial charge in [0.2, 0.25) is 5.78 Å². The molecule has 192 valence electrons. The number of ether oxygens (including phenoxy) is 1. The zero-order chi connectivity index (χ0) is 25.4. The number of hydrogen-bond acceptors (Lipinski definition) is 11. The summed E-state index contributed by atoms with van der Waals surface area (Å²) in [5, 5.41) is 24.8. The summed E-state index contributed by atoms with van der Waals surface area (Å²) in [6.07, 6.45) is 2.48. The van der Waals surface area contributed by atoms with E-state index in [1.165, 1.54) is 23.9 Å². The molecular weight excluding hydrogens is 508 g/mol. The van der Waals surface area contributed by atoms with Crippen LogP contribution in [0.1, 0.15) is 51.1 Å². The molecule has 3 aromatic rings. The summed E-state index contributed by atoms with van der Waals surface area (Å²) in [7, 11) is -4.09. The number of ketones is 1. The molecule has 4 N–H and O–H groups in total. The summed E-state index contributed by atoms with van der Waals surface area (Å²) >= 11 is 1.32. The molecule has 36 heavy (non-hydrogen) atoms. The molecule has 3 aromatic heterocycles. The lowest BCUT2D eigenvalue weighted by Gasteiger charge is -2.23. The fraction of sp³-hybridized carbons (Fsp3) is 0.455. The van der Waals surface area contributed by atoms with Gasteiger partial charge in [0, 0.05) is 18.2 Å². The Kier molecular flexibility index (Phi) is 6.89. The first-order valence-electron chi connectivity index (χ1n) is 11.4. The standard InChI is InChI=1S/C22H26N6O6S2/c1-12-4-17-21(33-3-2-28(17)27-12)14-6-19(35-10-14)20(30)16-8-24-11-25-22(16)26-15-5-13(18(29)7-15)9-34-36(23,31)32/h4,6,8,10-11,13,15,18,21,29H,2-3,5,7,9H2,1H3,(H2,23,31,32)(H,24,25,26)/t13-,15-,18+,21-/m1/s1. The number of fused-ring (bicyclic) bond motifs is 1. The minimum absolute atomic E-state index is 0.215. The third-order valence-electron chi connectivity index (χ3n) is 6.34. The molecule has 2 aliphatic rings.